The first-order chi connectivity index (χ1) is 10.3. The van der Waals surface area contributed by atoms with Crippen molar-refractivity contribution in [3.63, 3.8) is 0 Å². The lowest BCUT2D eigenvalue weighted by atomic mass is 10.0. The number of ether oxygens (including phenoxy) is 1. The molecule has 1 aromatic rings. The topological polar surface area (TPSA) is 39.1 Å². The standard InChI is InChI=1S/C17H31N3O/c1-4-10-18-16(17-8-7-12-21-17)13-14-9-11-20(19-14)15(5-2)6-3/h9,11,15-18H,4-8,10,12-13H2,1-3H3. The molecule has 1 N–H and O–H groups in total. The molecule has 0 bridgehead atoms. The fourth-order valence-electron chi connectivity index (χ4n) is 3.16. The van der Waals surface area contributed by atoms with Crippen LogP contribution in [0.5, 0.6) is 0 Å². The van der Waals surface area contributed by atoms with Crippen LogP contribution in [0.3, 0.4) is 0 Å². The second-order valence-corrected chi connectivity index (χ2v) is 6.07. The number of rotatable bonds is 9. The van der Waals surface area contributed by atoms with Crippen molar-refractivity contribution in [1.29, 1.82) is 0 Å². The molecule has 1 aliphatic rings. The number of aromatic nitrogens is 2. The molecule has 2 atom stereocenters. The summed E-state index contributed by atoms with van der Waals surface area (Å²) in [5.74, 6) is 0. The summed E-state index contributed by atoms with van der Waals surface area (Å²) >= 11 is 0. The van der Waals surface area contributed by atoms with Crippen molar-refractivity contribution in [2.24, 2.45) is 0 Å². The number of hydrogen-bond acceptors (Lipinski definition) is 3. The van der Waals surface area contributed by atoms with E-state index in [9.17, 15) is 0 Å². The largest absolute Gasteiger partial charge is 0.377 e. The Labute approximate surface area is 129 Å². The van der Waals surface area contributed by atoms with Crippen LogP contribution >= 0.6 is 0 Å². The summed E-state index contributed by atoms with van der Waals surface area (Å²) in [5, 5.41) is 8.44. The Morgan fingerprint density at radius 2 is 2.19 bits per heavy atom. The minimum Gasteiger partial charge on any atom is -0.377 e. The Morgan fingerprint density at radius 1 is 1.38 bits per heavy atom. The van der Waals surface area contributed by atoms with Gasteiger partial charge in [0.15, 0.2) is 0 Å². The lowest BCUT2D eigenvalue weighted by Crippen LogP contribution is -2.41. The van der Waals surface area contributed by atoms with Crippen LogP contribution in [0, 0.1) is 0 Å². The molecule has 4 nitrogen and oxygen atoms in total. The van der Waals surface area contributed by atoms with Gasteiger partial charge in [0.2, 0.25) is 0 Å². The molecule has 1 aliphatic heterocycles. The molecule has 2 heterocycles. The van der Waals surface area contributed by atoms with Gasteiger partial charge in [0.25, 0.3) is 0 Å². The van der Waals surface area contributed by atoms with Gasteiger partial charge in [-0.3, -0.25) is 4.68 Å². The van der Waals surface area contributed by atoms with Crippen LogP contribution < -0.4 is 5.32 Å². The molecule has 1 fully saturated rings. The first kappa shape index (κ1) is 16.5. The van der Waals surface area contributed by atoms with Crippen LogP contribution in [0.25, 0.3) is 0 Å². The molecule has 1 aromatic heterocycles. The summed E-state index contributed by atoms with van der Waals surface area (Å²) in [6, 6.07) is 3.11. The zero-order chi connectivity index (χ0) is 15.1. The zero-order valence-corrected chi connectivity index (χ0v) is 13.8. The van der Waals surface area contributed by atoms with Crippen LogP contribution in [-0.4, -0.2) is 35.1 Å². The van der Waals surface area contributed by atoms with Gasteiger partial charge in [-0.05, 0) is 44.7 Å². The Bertz CT molecular complexity index is 394. The third-order valence-electron chi connectivity index (χ3n) is 4.48. The van der Waals surface area contributed by atoms with Gasteiger partial charge in [0.1, 0.15) is 0 Å². The molecular formula is C17H31N3O. The van der Waals surface area contributed by atoms with Gasteiger partial charge in [-0.2, -0.15) is 5.10 Å². The fraction of sp³-hybridized carbons (Fsp3) is 0.824. The maximum atomic E-state index is 5.88. The molecule has 2 unspecified atom stereocenters. The van der Waals surface area contributed by atoms with E-state index in [1.807, 2.05) is 0 Å². The van der Waals surface area contributed by atoms with Gasteiger partial charge < -0.3 is 10.1 Å². The van der Waals surface area contributed by atoms with Gasteiger partial charge in [-0.15, -0.1) is 0 Å². The second-order valence-electron chi connectivity index (χ2n) is 6.07. The molecule has 0 saturated carbocycles. The molecule has 21 heavy (non-hydrogen) atoms. The number of nitrogens with one attached hydrogen (secondary N) is 1. The summed E-state index contributed by atoms with van der Waals surface area (Å²) in [5.41, 5.74) is 1.19. The highest BCUT2D eigenvalue weighted by Gasteiger charge is 2.26. The number of nitrogens with zero attached hydrogens (tertiary/aromatic N) is 2. The van der Waals surface area contributed by atoms with Crippen LogP contribution in [-0.2, 0) is 11.2 Å². The van der Waals surface area contributed by atoms with Gasteiger partial charge in [-0.1, -0.05) is 20.8 Å². The van der Waals surface area contributed by atoms with Crippen molar-refractivity contribution in [2.75, 3.05) is 13.2 Å². The lowest BCUT2D eigenvalue weighted by molar-refractivity contribution is 0.0780. The van der Waals surface area contributed by atoms with E-state index in [0.717, 1.165) is 38.8 Å². The summed E-state index contributed by atoms with van der Waals surface area (Å²) in [6.07, 6.45) is 9.27. The van der Waals surface area contributed by atoms with Crippen molar-refractivity contribution in [1.82, 2.24) is 15.1 Å². The minimum atomic E-state index is 0.356. The van der Waals surface area contributed by atoms with Crippen molar-refractivity contribution >= 4 is 0 Å². The van der Waals surface area contributed by atoms with E-state index in [4.69, 9.17) is 9.84 Å². The first-order valence-electron chi connectivity index (χ1n) is 8.67. The molecule has 120 valence electrons. The van der Waals surface area contributed by atoms with Crippen LogP contribution in [0.4, 0.5) is 0 Å². The predicted octanol–water partition coefficient (Wildman–Crippen LogP) is 3.33. The zero-order valence-electron chi connectivity index (χ0n) is 13.8. The summed E-state index contributed by atoms with van der Waals surface area (Å²) < 4.78 is 8.02. The minimum absolute atomic E-state index is 0.356. The van der Waals surface area contributed by atoms with Crippen molar-refractivity contribution in [3.05, 3.63) is 18.0 Å². The SMILES string of the molecule is CCCNC(Cc1ccn(C(CC)CC)n1)C1CCCO1. The van der Waals surface area contributed by atoms with E-state index in [1.165, 1.54) is 18.5 Å². The van der Waals surface area contributed by atoms with Gasteiger partial charge in [-0.25, -0.2) is 0 Å². The van der Waals surface area contributed by atoms with E-state index in [0.29, 0.717) is 18.2 Å². The molecule has 0 spiro atoms. The van der Waals surface area contributed by atoms with Gasteiger partial charge in [0, 0.05) is 25.3 Å². The highest BCUT2D eigenvalue weighted by molar-refractivity contribution is 5.04. The normalized spacial score (nSPS) is 20.3. The van der Waals surface area contributed by atoms with E-state index in [2.05, 4.69) is 43.0 Å². The quantitative estimate of drug-likeness (QED) is 0.759. The monoisotopic (exact) mass is 293 g/mol. The number of hydrogen-bond donors (Lipinski definition) is 1. The lowest BCUT2D eigenvalue weighted by Gasteiger charge is -2.23. The Balaban J connectivity index is 1.98. The maximum absolute atomic E-state index is 5.88. The molecule has 0 amide bonds. The van der Waals surface area contributed by atoms with Crippen LogP contribution in [0.2, 0.25) is 0 Å². The molecule has 1 saturated heterocycles. The van der Waals surface area contributed by atoms with E-state index in [1.54, 1.807) is 0 Å². The van der Waals surface area contributed by atoms with E-state index < -0.39 is 0 Å². The van der Waals surface area contributed by atoms with Crippen molar-refractivity contribution in [2.45, 2.75) is 77.5 Å². The Kier molecular flexibility index (Phi) is 6.71. The van der Waals surface area contributed by atoms with E-state index >= 15 is 0 Å². The first-order valence-corrected chi connectivity index (χ1v) is 8.67. The summed E-state index contributed by atoms with van der Waals surface area (Å²) in [6.45, 7) is 8.64. The third-order valence-corrected chi connectivity index (χ3v) is 4.48. The smallest absolute Gasteiger partial charge is 0.0732 e. The molecule has 2 rings (SSSR count). The predicted molar refractivity (Wildman–Crippen MR) is 86.6 cm³/mol. The molecule has 0 aromatic carbocycles. The maximum Gasteiger partial charge on any atom is 0.0732 e. The highest BCUT2D eigenvalue weighted by atomic mass is 16.5. The van der Waals surface area contributed by atoms with E-state index in [-0.39, 0.29) is 0 Å². The third kappa shape index (κ3) is 4.55. The molecular weight excluding hydrogens is 262 g/mol. The Morgan fingerprint density at radius 3 is 2.81 bits per heavy atom. The summed E-state index contributed by atoms with van der Waals surface area (Å²) in [4.78, 5) is 0. The van der Waals surface area contributed by atoms with Crippen molar-refractivity contribution in [3.8, 4) is 0 Å². The van der Waals surface area contributed by atoms with Crippen LogP contribution in [0.15, 0.2) is 12.3 Å². The average Bonchev–Trinajstić information content (AvgIpc) is 3.16. The van der Waals surface area contributed by atoms with Gasteiger partial charge >= 0.3 is 0 Å². The molecule has 4 heteroatoms. The summed E-state index contributed by atoms with van der Waals surface area (Å²) in [7, 11) is 0. The van der Waals surface area contributed by atoms with Gasteiger partial charge in [0.05, 0.1) is 17.8 Å². The molecule has 0 radical (unpaired) electrons. The Hall–Kier alpha value is -0.870. The van der Waals surface area contributed by atoms with Crippen LogP contribution in [0.1, 0.15) is 64.6 Å². The highest BCUT2D eigenvalue weighted by Crippen LogP contribution is 2.20. The fourth-order valence-corrected chi connectivity index (χ4v) is 3.16. The van der Waals surface area contributed by atoms with Crippen molar-refractivity contribution < 1.29 is 4.74 Å². The second kappa shape index (κ2) is 8.54. The molecule has 0 aliphatic carbocycles. The average molecular weight is 293 g/mol.